The molecular formula is C15H17BrN2. The Hall–Kier alpha value is -1.32. The van der Waals surface area contributed by atoms with Crippen LogP contribution in [0.2, 0.25) is 0 Å². The fourth-order valence-corrected chi connectivity index (χ4v) is 2.62. The third-order valence-corrected chi connectivity index (χ3v) is 3.72. The minimum Gasteiger partial charge on any atom is -0.341 e. The van der Waals surface area contributed by atoms with E-state index in [1.54, 1.807) is 0 Å². The predicted octanol–water partition coefficient (Wildman–Crippen LogP) is 4.07. The van der Waals surface area contributed by atoms with Crippen molar-refractivity contribution in [3.8, 4) is 0 Å². The van der Waals surface area contributed by atoms with Crippen LogP contribution in [0.3, 0.4) is 0 Å². The summed E-state index contributed by atoms with van der Waals surface area (Å²) < 4.78 is 1.07. The largest absolute Gasteiger partial charge is 0.341 e. The second-order valence-corrected chi connectivity index (χ2v) is 4.88. The molecule has 0 aliphatic heterocycles. The molecule has 0 amide bonds. The molecular weight excluding hydrogens is 288 g/mol. The Labute approximate surface area is 117 Å². The number of hydrogen-bond acceptors (Lipinski definition) is 2. The van der Waals surface area contributed by atoms with Gasteiger partial charge < -0.3 is 10.6 Å². The Morgan fingerprint density at radius 2 is 1.78 bits per heavy atom. The Morgan fingerprint density at radius 1 is 1.06 bits per heavy atom. The van der Waals surface area contributed by atoms with Crippen molar-refractivity contribution in [3.63, 3.8) is 0 Å². The van der Waals surface area contributed by atoms with Gasteiger partial charge in [0.15, 0.2) is 0 Å². The summed E-state index contributed by atoms with van der Waals surface area (Å²) in [6.07, 6.45) is 0. The van der Waals surface area contributed by atoms with E-state index >= 15 is 0 Å². The molecule has 2 N–H and O–H groups in total. The third-order valence-electron chi connectivity index (χ3n) is 2.97. The van der Waals surface area contributed by atoms with Crippen molar-refractivity contribution in [3.05, 3.63) is 58.6 Å². The second-order valence-electron chi connectivity index (χ2n) is 4.02. The molecule has 3 heteroatoms. The van der Waals surface area contributed by atoms with Crippen LogP contribution in [0.1, 0.15) is 12.5 Å². The van der Waals surface area contributed by atoms with Crippen LogP contribution in [0.5, 0.6) is 0 Å². The molecule has 0 aliphatic carbocycles. The van der Waals surface area contributed by atoms with Gasteiger partial charge in [-0.25, -0.2) is 0 Å². The van der Waals surface area contributed by atoms with Crippen LogP contribution < -0.4 is 10.6 Å². The average molecular weight is 305 g/mol. The second kappa shape index (κ2) is 6.03. The fraction of sp³-hybridized carbons (Fsp3) is 0.200. The zero-order valence-corrected chi connectivity index (χ0v) is 12.0. The molecule has 2 rings (SSSR count). The first kappa shape index (κ1) is 13.1. The van der Waals surface area contributed by atoms with Gasteiger partial charge in [0.25, 0.3) is 0 Å². The summed E-state index contributed by atoms with van der Waals surface area (Å²) in [6, 6.07) is 16.6. The molecule has 2 nitrogen and oxygen atoms in total. The molecule has 2 aromatic carbocycles. The smallest absolute Gasteiger partial charge is 0.0467 e. The van der Waals surface area contributed by atoms with Gasteiger partial charge >= 0.3 is 0 Å². The van der Waals surface area contributed by atoms with Gasteiger partial charge in [-0.2, -0.15) is 0 Å². The quantitative estimate of drug-likeness (QED) is 0.922. The molecule has 0 heterocycles. The minimum absolute atomic E-state index is 0.528. The normalized spacial score (nSPS) is 10.4. The molecule has 0 aromatic heterocycles. The molecule has 0 fully saturated rings. The first-order valence-corrected chi connectivity index (χ1v) is 6.87. The molecule has 2 aromatic rings. The van der Waals surface area contributed by atoms with Gasteiger partial charge in [-0.05, 0) is 31.2 Å². The molecule has 0 radical (unpaired) electrons. The predicted molar refractivity (Wildman–Crippen MR) is 81.2 cm³/mol. The van der Waals surface area contributed by atoms with Crippen molar-refractivity contribution < 1.29 is 0 Å². The maximum atomic E-state index is 5.87. The van der Waals surface area contributed by atoms with Gasteiger partial charge in [0.05, 0.1) is 0 Å². The first-order chi connectivity index (χ1) is 8.77. The molecule has 18 heavy (non-hydrogen) atoms. The highest BCUT2D eigenvalue weighted by Gasteiger charge is 2.12. The molecule has 0 saturated heterocycles. The van der Waals surface area contributed by atoms with Crippen molar-refractivity contribution in [1.82, 2.24) is 0 Å². The fourth-order valence-electron chi connectivity index (χ4n) is 2.10. The molecule has 0 spiro atoms. The van der Waals surface area contributed by atoms with Crippen LogP contribution >= 0.6 is 15.9 Å². The van der Waals surface area contributed by atoms with Gasteiger partial charge in [-0.3, -0.25) is 0 Å². The van der Waals surface area contributed by atoms with E-state index in [9.17, 15) is 0 Å². The lowest BCUT2D eigenvalue weighted by Gasteiger charge is -2.26. The average Bonchev–Trinajstić information content (AvgIpc) is 2.41. The Bertz CT molecular complexity index is 511. The lowest BCUT2D eigenvalue weighted by molar-refractivity contribution is 0.979. The van der Waals surface area contributed by atoms with Crippen LogP contribution in [-0.2, 0) is 6.54 Å². The highest BCUT2D eigenvalue weighted by molar-refractivity contribution is 9.10. The van der Waals surface area contributed by atoms with Gasteiger partial charge in [0, 0.05) is 34.5 Å². The van der Waals surface area contributed by atoms with Crippen LogP contribution in [0, 0.1) is 0 Å². The topological polar surface area (TPSA) is 29.3 Å². The summed E-state index contributed by atoms with van der Waals surface area (Å²) in [5, 5.41) is 0. The van der Waals surface area contributed by atoms with E-state index in [1.165, 1.54) is 11.4 Å². The van der Waals surface area contributed by atoms with Crippen LogP contribution in [0.4, 0.5) is 11.4 Å². The molecule has 0 saturated carbocycles. The van der Waals surface area contributed by atoms with Gasteiger partial charge in [-0.15, -0.1) is 0 Å². The Morgan fingerprint density at radius 3 is 2.39 bits per heavy atom. The standard InChI is InChI=1S/C15H17BrN2/c1-2-18(12-7-4-3-5-8-12)15-10-6-9-14(16)13(15)11-17/h3-10H,2,11,17H2,1H3. The maximum absolute atomic E-state index is 5.87. The lowest BCUT2D eigenvalue weighted by atomic mass is 10.1. The van der Waals surface area contributed by atoms with Crippen molar-refractivity contribution >= 4 is 27.3 Å². The molecule has 94 valence electrons. The molecule has 0 aliphatic rings. The third kappa shape index (κ3) is 2.57. The highest BCUT2D eigenvalue weighted by atomic mass is 79.9. The van der Waals surface area contributed by atoms with Crippen LogP contribution in [-0.4, -0.2) is 6.54 Å². The Kier molecular flexibility index (Phi) is 4.39. The van der Waals surface area contributed by atoms with E-state index < -0.39 is 0 Å². The molecule has 0 atom stereocenters. The summed E-state index contributed by atoms with van der Waals surface area (Å²) >= 11 is 3.57. The van der Waals surface area contributed by atoms with E-state index in [4.69, 9.17) is 5.73 Å². The number of rotatable bonds is 4. The highest BCUT2D eigenvalue weighted by Crippen LogP contribution is 2.32. The molecule has 0 bridgehead atoms. The van der Waals surface area contributed by atoms with Gasteiger partial charge in [-0.1, -0.05) is 40.2 Å². The number of para-hydroxylation sites is 1. The summed E-state index contributed by atoms with van der Waals surface area (Å²) in [5.41, 5.74) is 9.36. The van der Waals surface area contributed by atoms with Crippen LogP contribution in [0.25, 0.3) is 0 Å². The van der Waals surface area contributed by atoms with Gasteiger partial charge in [0.1, 0.15) is 0 Å². The van der Waals surface area contributed by atoms with E-state index in [2.05, 4.69) is 58.1 Å². The maximum Gasteiger partial charge on any atom is 0.0467 e. The molecule has 0 unspecified atom stereocenters. The summed E-state index contributed by atoms with van der Waals surface area (Å²) in [7, 11) is 0. The zero-order chi connectivity index (χ0) is 13.0. The lowest BCUT2D eigenvalue weighted by Crippen LogP contribution is -2.18. The number of anilines is 2. The number of nitrogens with two attached hydrogens (primary N) is 1. The van der Waals surface area contributed by atoms with Gasteiger partial charge in [0.2, 0.25) is 0 Å². The SMILES string of the molecule is CCN(c1ccccc1)c1cccc(Br)c1CN. The minimum atomic E-state index is 0.528. The number of hydrogen-bond donors (Lipinski definition) is 1. The van der Waals surface area contributed by atoms with E-state index in [-0.39, 0.29) is 0 Å². The number of nitrogens with zero attached hydrogens (tertiary/aromatic N) is 1. The number of benzene rings is 2. The van der Waals surface area contributed by atoms with Crippen molar-refractivity contribution in [2.24, 2.45) is 5.73 Å². The number of halogens is 1. The van der Waals surface area contributed by atoms with E-state index in [0.717, 1.165) is 16.6 Å². The summed E-state index contributed by atoms with van der Waals surface area (Å²) in [4.78, 5) is 2.27. The summed E-state index contributed by atoms with van der Waals surface area (Å²) in [5.74, 6) is 0. The Balaban J connectivity index is 2.49. The zero-order valence-electron chi connectivity index (χ0n) is 10.4. The van der Waals surface area contributed by atoms with Crippen molar-refractivity contribution in [2.75, 3.05) is 11.4 Å². The monoisotopic (exact) mass is 304 g/mol. The van der Waals surface area contributed by atoms with E-state index in [0.29, 0.717) is 6.54 Å². The van der Waals surface area contributed by atoms with Crippen molar-refractivity contribution in [1.29, 1.82) is 0 Å². The van der Waals surface area contributed by atoms with Crippen molar-refractivity contribution in [2.45, 2.75) is 13.5 Å². The van der Waals surface area contributed by atoms with E-state index in [1.807, 2.05) is 18.2 Å². The van der Waals surface area contributed by atoms with Crippen LogP contribution in [0.15, 0.2) is 53.0 Å². The first-order valence-electron chi connectivity index (χ1n) is 6.08. The summed E-state index contributed by atoms with van der Waals surface area (Å²) in [6.45, 7) is 3.59.